The summed E-state index contributed by atoms with van der Waals surface area (Å²) in [5, 5.41) is 11.9. The second-order valence-corrected chi connectivity index (χ2v) is 17.9. The number of pyridine rings is 1. The monoisotopic (exact) mass is 1040 g/mol. The predicted octanol–water partition coefficient (Wildman–Crippen LogP) is 12.4. The molecular formula is C58H49BN5OPt-. The predicted molar refractivity (Wildman–Crippen MR) is 267 cm³/mol. The normalized spacial score (nSPS) is 13.7. The third-order valence-corrected chi connectivity index (χ3v) is 13.2. The molecule has 0 radical (unpaired) electrons. The van der Waals surface area contributed by atoms with E-state index in [0.717, 1.165) is 62.2 Å². The van der Waals surface area contributed by atoms with Crippen LogP contribution >= 0.6 is 0 Å². The van der Waals surface area contributed by atoms with Crippen molar-refractivity contribution in [2.75, 3.05) is 4.90 Å². The van der Waals surface area contributed by atoms with Crippen LogP contribution in [-0.2, 0) is 21.1 Å². The zero-order chi connectivity index (χ0) is 44.5. The van der Waals surface area contributed by atoms with E-state index in [1.54, 1.807) is 6.07 Å². The van der Waals surface area contributed by atoms with E-state index < -0.39 is 6.85 Å². The van der Waals surface area contributed by atoms with Crippen molar-refractivity contribution in [3.8, 4) is 45.2 Å². The molecular weight excluding hydrogens is 989 g/mol. The minimum absolute atomic E-state index is 0. The first-order chi connectivity index (χ1) is 31.7. The first-order valence-corrected chi connectivity index (χ1v) is 22.7. The molecule has 0 bridgehead atoms. The topological polar surface area (TPSA) is 57.4 Å². The third kappa shape index (κ3) is 6.91. The van der Waals surface area contributed by atoms with Gasteiger partial charge >= 0.3 is 6.85 Å². The van der Waals surface area contributed by atoms with E-state index in [4.69, 9.17) is 9.97 Å². The molecule has 6 nitrogen and oxygen atoms in total. The van der Waals surface area contributed by atoms with Crippen LogP contribution in [0.5, 0.6) is 5.75 Å². The fourth-order valence-corrected chi connectivity index (χ4v) is 10.2. The van der Waals surface area contributed by atoms with Gasteiger partial charge in [-0.05, 0) is 131 Å². The van der Waals surface area contributed by atoms with Gasteiger partial charge in [-0.15, -0.1) is 29.2 Å². The first-order valence-electron chi connectivity index (χ1n) is 22.7. The molecule has 0 saturated carbocycles. The number of imidazole rings is 1. The van der Waals surface area contributed by atoms with Crippen LogP contribution in [0.15, 0.2) is 182 Å². The maximum absolute atomic E-state index is 11.9. The Bertz CT molecular complexity index is 3210. The molecule has 0 unspecified atom stereocenters. The van der Waals surface area contributed by atoms with Crippen molar-refractivity contribution in [2.45, 2.75) is 53.4 Å². The van der Waals surface area contributed by atoms with Crippen LogP contribution in [0.3, 0.4) is 0 Å². The van der Waals surface area contributed by atoms with Crippen molar-refractivity contribution < 1.29 is 26.2 Å². The molecule has 6 aromatic carbocycles. The maximum Gasteiger partial charge on any atom is 0.336 e. The summed E-state index contributed by atoms with van der Waals surface area (Å²) in [5.41, 5.74) is 18.2. The zero-order valence-electron chi connectivity index (χ0n) is 37.9. The molecule has 5 heterocycles. The minimum Gasteiger partial charge on any atom is -0.507 e. The molecule has 2 aromatic heterocycles. The van der Waals surface area contributed by atoms with Gasteiger partial charge in [0.15, 0.2) is 0 Å². The number of phenols is 1. The number of para-hydroxylation sites is 2. The molecule has 0 aliphatic carbocycles. The summed E-state index contributed by atoms with van der Waals surface area (Å²) in [6.45, 7) is 13.1. The van der Waals surface area contributed by atoms with E-state index >= 15 is 0 Å². The second kappa shape index (κ2) is 17.1. The van der Waals surface area contributed by atoms with E-state index in [1.807, 2.05) is 36.5 Å². The standard InChI is InChI=1S/C58H49BN5O.Pt/c1-36(2)46-33-42(40-21-9-7-10-22-40)34-47(37(3)4)55(46)63-57(45-25-13-14-28-51(45)65)61-56-58(63)62(43-23-11-8-12-24-43)52-29-18-27-50-54(53-38(5)19-17-20-39(53)6)44-31-30-41(49-26-15-16-32-60-49)35-48(44)59(56)64(50)52;/h7-34,36-37,65H,1-6H3;/q-1;. The fraction of sp³-hybridized carbons (Fsp3) is 0.138. The average molecular weight is 1040 g/mol. The molecule has 0 spiro atoms. The van der Waals surface area contributed by atoms with Gasteiger partial charge in [-0.3, -0.25) is 9.47 Å². The summed E-state index contributed by atoms with van der Waals surface area (Å²) >= 11 is 0. The summed E-state index contributed by atoms with van der Waals surface area (Å²) in [6, 6.07) is 54.7. The molecule has 11 rings (SSSR count). The SMILES string of the molecule is Cc1cccc(C)c1C1=C2C=CC=C3N2B(c2[c-]c(-c4ccccn4)ccc21)c1nc(-c2ccccc2O)n(-c2c(C(C)C)cc(-c4ccccc4)cc2C(C)C)c1N3c1ccccc1.[Pt]. The van der Waals surface area contributed by atoms with Crippen molar-refractivity contribution >= 4 is 35.0 Å². The van der Waals surface area contributed by atoms with Crippen LogP contribution in [0.2, 0.25) is 0 Å². The van der Waals surface area contributed by atoms with Gasteiger partial charge in [0, 0.05) is 38.6 Å². The van der Waals surface area contributed by atoms with Gasteiger partial charge in [0.2, 0.25) is 0 Å². The molecule has 1 N–H and O–H groups in total. The number of fused-ring (bicyclic) bond motifs is 4. The Kier molecular flexibility index (Phi) is 11.1. The Balaban J connectivity index is 0.00000511. The van der Waals surface area contributed by atoms with Gasteiger partial charge in [0.25, 0.3) is 0 Å². The summed E-state index contributed by atoms with van der Waals surface area (Å²) in [6.07, 6.45) is 8.54. The number of hydrogen-bond donors (Lipinski definition) is 1. The summed E-state index contributed by atoms with van der Waals surface area (Å²) in [4.78, 5) is 15.6. The molecule has 0 fully saturated rings. The molecule has 326 valence electrons. The maximum atomic E-state index is 11.9. The largest absolute Gasteiger partial charge is 0.507 e. The van der Waals surface area contributed by atoms with Crippen LogP contribution in [0.1, 0.15) is 72.9 Å². The van der Waals surface area contributed by atoms with Crippen LogP contribution in [-0.4, -0.2) is 31.3 Å². The first kappa shape index (κ1) is 43.0. The van der Waals surface area contributed by atoms with Crippen LogP contribution < -0.4 is 16.0 Å². The molecule has 8 aromatic rings. The Hall–Kier alpha value is -6.95. The van der Waals surface area contributed by atoms with Crippen LogP contribution in [0, 0.1) is 19.9 Å². The van der Waals surface area contributed by atoms with Gasteiger partial charge in [-0.2, -0.15) is 0 Å². The van der Waals surface area contributed by atoms with E-state index in [-0.39, 0.29) is 38.7 Å². The molecule has 0 atom stereocenters. The van der Waals surface area contributed by atoms with Crippen LogP contribution in [0.25, 0.3) is 45.0 Å². The summed E-state index contributed by atoms with van der Waals surface area (Å²) in [5.74, 6) is 3.05. The van der Waals surface area contributed by atoms with Crippen molar-refractivity contribution in [1.29, 1.82) is 0 Å². The quantitative estimate of drug-likeness (QED) is 0.121. The zero-order valence-corrected chi connectivity index (χ0v) is 40.2. The molecule has 66 heavy (non-hydrogen) atoms. The van der Waals surface area contributed by atoms with Gasteiger partial charge in [-0.25, -0.2) is 4.98 Å². The molecule has 3 aliphatic rings. The summed E-state index contributed by atoms with van der Waals surface area (Å²) < 4.78 is 2.37. The number of aromatic hydroxyl groups is 1. The Morgan fingerprint density at radius 2 is 1.35 bits per heavy atom. The number of allylic oxidation sites excluding steroid dienone is 3. The Morgan fingerprint density at radius 1 is 0.682 bits per heavy atom. The summed E-state index contributed by atoms with van der Waals surface area (Å²) in [7, 11) is 0. The van der Waals surface area contributed by atoms with Gasteiger partial charge in [-0.1, -0.05) is 130 Å². The second-order valence-electron chi connectivity index (χ2n) is 17.9. The molecule has 0 saturated heterocycles. The molecule has 3 aliphatic heterocycles. The van der Waals surface area contributed by atoms with Gasteiger partial charge in [0.1, 0.15) is 23.2 Å². The number of benzene rings is 6. The van der Waals surface area contributed by atoms with E-state index in [2.05, 4.69) is 189 Å². The van der Waals surface area contributed by atoms with E-state index in [9.17, 15) is 5.11 Å². The Labute approximate surface area is 402 Å². The van der Waals surface area contributed by atoms with Crippen molar-refractivity contribution in [1.82, 2.24) is 19.3 Å². The number of nitrogens with zero attached hydrogens (tertiary/aromatic N) is 5. The minimum atomic E-state index is -0.401. The van der Waals surface area contributed by atoms with Gasteiger partial charge < -0.3 is 14.9 Å². The number of rotatable bonds is 8. The molecule has 0 amide bonds. The van der Waals surface area contributed by atoms with E-state index in [1.165, 1.54) is 38.9 Å². The number of anilines is 2. The number of aryl methyl sites for hydroxylation is 2. The van der Waals surface area contributed by atoms with Crippen LogP contribution in [0.4, 0.5) is 11.5 Å². The smallest absolute Gasteiger partial charge is 0.336 e. The number of hydrogen-bond acceptors (Lipinski definition) is 5. The number of aromatic nitrogens is 3. The van der Waals surface area contributed by atoms with Crippen molar-refractivity contribution in [2.24, 2.45) is 0 Å². The van der Waals surface area contributed by atoms with Crippen molar-refractivity contribution in [3.63, 3.8) is 0 Å². The van der Waals surface area contributed by atoms with Gasteiger partial charge in [0.05, 0.1) is 16.8 Å². The van der Waals surface area contributed by atoms with E-state index in [0.29, 0.717) is 11.4 Å². The fourth-order valence-electron chi connectivity index (χ4n) is 10.2. The number of phenolic OH excluding ortho intramolecular Hbond substituents is 1. The molecule has 8 heteroatoms. The van der Waals surface area contributed by atoms with Crippen molar-refractivity contribution in [3.05, 3.63) is 221 Å². The average Bonchev–Trinajstić information content (AvgIpc) is 3.71. The third-order valence-electron chi connectivity index (χ3n) is 13.2. The Morgan fingerprint density at radius 3 is 2.02 bits per heavy atom.